The van der Waals surface area contributed by atoms with Gasteiger partial charge in [-0.25, -0.2) is 0 Å². The van der Waals surface area contributed by atoms with Crippen LogP contribution >= 0.6 is 11.3 Å². The number of nitrogens with one attached hydrogen (secondary N) is 1. The summed E-state index contributed by atoms with van der Waals surface area (Å²) in [6, 6.07) is 0. The average molecular weight is 193 g/mol. The first-order valence-electron chi connectivity index (χ1n) is 4.71. The van der Waals surface area contributed by atoms with Gasteiger partial charge in [0.1, 0.15) is 0 Å². The molecule has 13 heavy (non-hydrogen) atoms. The molecule has 70 valence electrons. The van der Waals surface area contributed by atoms with Gasteiger partial charge in [-0.3, -0.25) is 0 Å². The summed E-state index contributed by atoms with van der Waals surface area (Å²) in [7, 11) is 0. The van der Waals surface area contributed by atoms with Crippen LogP contribution in [0.1, 0.15) is 24.5 Å². The van der Waals surface area contributed by atoms with E-state index in [0.717, 1.165) is 13.1 Å². The van der Waals surface area contributed by atoms with Crippen molar-refractivity contribution in [2.45, 2.75) is 20.3 Å². The molecule has 1 N–H and O–H groups in total. The van der Waals surface area contributed by atoms with Gasteiger partial charge in [0.15, 0.2) is 0 Å². The maximum Gasteiger partial charge on any atom is 0.0211 e. The molecule has 0 bridgehead atoms. The van der Waals surface area contributed by atoms with Crippen LogP contribution in [0.15, 0.2) is 16.3 Å². The summed E-state index contributed by atoms with van der Waals surface area (Å²) in [6.07, 6.45) is 1.20. The molecule has 1 nitrogen and oxygen atoms in total. The number of hydrogen-bond acceptors (Lipinski definition) is 2. The summed E-state index contributed by atoms with van der Waals surface area (Å²) in [4.78, 5) is 0. The zero-order valence-electron chi connectivity index (χ0n) is 8.18. The number of hydrogen-bond donors (Lipinski definition) is 1. The van der Waals surface area contributed by atoms with E-state index in [-0.39, 0.29) is 0 Å². The van der Waals surface area contributed by atoms with Crippen LogP contribution in [-0.4, -0.2) is 13.1 Å². The highest BCUT2D eigenvalue weighted by atomic mass is 32.1. The summed E-state index contributed by atoms with van der Waals surface area (Å²) in [6.45, 7) is 6.63. The topological polar surface area (TPSA) is 12.0 Å². The van der Waals surface area contributed by atoms with Crippen LogP contribution in [0.3, 0.4) is 0 Å². The molecule has 0 saturated heterocycles. The lowest BCUT2D eigenvalue weighted by molar-refractivity contribution is 0.715. The molecule has 1 aromatic heterocycles. The van der Waals surface area contributed by atoms with E-state index in [4.69, 9.17) is 0 Å². The Balaban J connectivity index is 2.40. The van der Waals surface area contributed by atoms with Gasteiger partial charge in [0, 0.05) is 6.54 Å². The number of thiophene rings is 1. The molecule has 1 aromatic rings. The van der Waals surface area contributed by atoms with Gasteiger partial charge < -0.3 is 5.32 Å². The second-order valence-electron chi connectivity index (χ2n) is 3.65. The van der Waals surface area contributed by atoms with Gasteiger partial charge in [0.05, 0.1) is 0 Å². The zero-order valence-corrected chi connectivity index (χ0v) is 9.00. The first-order chi connectivity index (χ1) is 6.29. The molecule has 0 aromatic carbocycles. The molecule has 2 heteroatoms. The van der Waals surface area contributed by atoms with Crippen LogP contribution in [0, 0.1) is 6.92 Å². The van der Waals surface area contributed by atoms with Gasteiger partial charge in [-0.15, -0.1) is 0 Å². The van der Waals surface area contributed by atoms with Crippen molar-refractivity contribution >= 4 is 16.9 Å². The van der Waals surface area contributed by atoms with Crippen molar-refractivity contribution in [2.75, 3.05) is 13.1 Å². The van der Waals surface area contributed by atoms with E-state index in [2.05, 4.69) is 29.9 Å². The summed E-state index contributed by atoms with van der Waals surface area (Å²) >= 11 is 1.80. The number of rotatable bonds is 1. The maximum absolute atomic E-state index is 3.43. The maximum atomic E-state index is 3.43. The Bertz CT molecular complexity index is 336. The van der Waals surface area contributed by atoms with Gasteiger partial charge in [0.25, 0.3) is 0 Å². The molecule has 2 rings (SSSR count). The molecular weight excluding hydrogens is 178 g/mol. The summed E-state index contributed by atoms with van der Waals surface area (Å²) in [5.41, 5.74) is 5.95. The third kappa shape index (κ3) is 1.69. The minimum Gasteiger partial charge on any atom is -0.312 e. The highest BCUT2D eigenvalue weighted by molar-refractivity contribution is 7.08. The average Bonchev–Trinajstić information content (AvgIpc) is 2.52. The molecular formula is C11H15NS. The summed E-state index contributed by atoms with van der Waals surface area (Å²) < 4.78 is 0. The first kappa shape index (κ1) is 8.97. The van der Waals surface area contributed by atoms with E-state index in [1.807, 2.05) is 0 Å². The predicted molar refractivity (Wildman–Crippen MR) is 59.1 cm³/mol. The second kappa shape index (κ2) is 3.64. The van der Waals surface area contributed by atoms with Crippen LogP contribution < -0.4 is 5.32 Å². The molecule has 1 aliphatic heterocycles. The highest BCUT2D eigenvalue weighted by Gasteiger charge is 2.12. The van der Waals surface area contributed by atoms with Crippen molar-refractivity contribution in [3.8, 4) is 0 Å². The molecule has 0 spiro atoms. The van der Waals surface area contributed by atoms with Crippen LogP contribution in [0.4, 0.5) is 0 Å². The molecule has 0 radical (unpaired) electrons. The molecule has 0 amide bonds. The van der Waals surface area contributed by atoms with Crippen LogP contribution in [-0.2, 0) is 0 Å². The third-order valence-electron chi connectivity index (χ3n) is 2.67. The molecule has 2 heterocycles. The van der Waals surface area contributed by atoms with Gasteiger partial charge in [-0.05, 0) is 54.3 Å². The minimum atomic E-state index is 1.05. The van der Waals surface area contributed by atoms with Crippen molar-refractivity contribution in [1.82, 2.24) is 5.32 Å². The molecule has 0 aliphatic carbocycles. The van der Waals surface area contributed by atoms with Gasteiger partial charge in [-0.2, -0.15) is 11.3 Å². The number of aryl methyl sites for hydroxylation is 1. The lowest BCUT2D eigenvalue weighted by Gasteiger charge is -2.18. The standard InChI is InChI=1S/C11H15NS/c1-8-3-4-12-5-10(8)11-7-13-6-9(11)2/h6-7,12H,3-5H2,1-2H3. The van der Waals surface area contributed by atoms with Crippen LogP contribution in [0.5, 0.6) is 0 Å². The SMILES string of the molecule is CC1=C(c2cscc2C)CNCC1. The Hall–Kier alpha value is -0.600. The Labute approximate surface area is 83.5 Å². The third-order valence-corrected chi connectivity index (χ3v) is 3.54. The molecule has 0 saturated carbocycles. The first-order valence-corrected chi connectivity index (χ1v) is 5.66. The van der Waals surface area contributed by atoms with Crippen molar-refractivity contribution in [1.29, 1.82) is 0 Å². The van der Waals surface area contributed by atoms with Crippen molar-refractivity contribution in [3.05, 3.63) is 27.5 Å². The summed E-state index contributed by atoms with van der Waals surface area (Å²) in [5, 5.41) is 7.92. The molecule has 0 atom stereocenters. The fourth-order valence-corrected chi connectivity index (χ4v) is 2.65. The van der Waals surface area contributed by atoms with E-state index >= 15 is 0 Å². The van der Waals surface area contributed by atoms with Crippen LogP contribution in [0.2, 0.25) is 0 Å². The van der Waals surface area contributed by atoms with Gasteiger partial charge >= 0.3 is 0 Å². The Morgan fingerprint density at radius 3 is 2.77 bits per heavy atom. The van der Waals surface area contributed by atoms with E-state index < -0.39 is 0 Å². The summed E-state index contributed by atoms with van der Waals surface area (Å²) in [5.74, 6) is 0. The lowest BCUT2D eigenvalue weighted by Crippen LogP contribution is -2.23. The van der Waals surface area contributed by atoms with Gasteiger partial charge in [-0.1, -0.05) is 5.57 Å². The fourth-order valence-electron chi connectivity index (χ4n) is 1.79. The van der Waals surface area contributed by atoms with E-state index in [1.54, 1.807) is 16.9 Å². The Kier molecular flexibility index (Phi) is 2.51. The largest absolute Gasteiger partial charge is 0.312 e. The predicted octanol–water partition coefficient (Wildman–Crippen LogP) is 2.82. The lowest BCUT2D eigenvalue weighted by atomic mass is 9.96. The monoisotopic (exact) mass is 193 g/mol. The molecule has 0 fully saturated rings. The molecule has 0 unspecified atom stereocenters. The normalized spacial score (nSPS) is 18.0. The van der Waals surface area contributed by atoms with Crippen LogP contribution in [0.25, 0.3) is 5.57 Å². The Morgan fingerprint density at radius 2 is 2.15 bits per heavy atom. The van der Waals surface area contributed by atoms with Crippen molar-refractivity contribution in [2.24, 2.45) is 0 Å². The quantitative estimate of drug-likeness (QED) is 0.723. The van der Waals surface area contributed by atoms with E-state index in [1.165, 1.54) is 23.1 Å². The second-order valence-corrected chi connectivity index (χ2v) is 4.40. The van der Waals surface area contributed by atoms with E-state index in [0.29, 0.717) is 0 Å². The van der Waals surface area contributed by atoms with Gasteiger partial charge in [0.2, 0.25) is 0 Å². The van der Waals surface area contributed by atoms with Crippen molar-refractivity contribution in [3.63, 3.8) is 0 Å². The van der Waals surface area contributed by atoms with Crippen molar-refractivity contribution < 1.29 is 0 Å². The fraction of sp³-hybridized carbons (Fsp3) is 0.455. The Morgan fingerprint density at radius 1 is 1.31 bits per heavy atom. The van der Waals surface area contributed by atoms with E-state index in [9.17, 15) is 0 Å². The minimum absolute atomic E-state index is 1.05. The zero-order chi connectivity index (χ0) is 9.26. The smallest absolute Gasteiger partial charge is 0.0211 e. The molecule has 1 aliphatic rings. The highest BCUT2D eigenvalue weighted by Crippen LogP contribution is 2.27.